The van der Waals surface area contributed by atoms with E-state index in [4.69, 9.17) is 0 Å². The SMILES string of the molecule is Cc1ccc(NCC(=O)N2CCC(C)CC2)cc1C. The third kappa shape index (κ3) is 3.72. The van der Waals surface area contributed by atoms with Crippen molar-refractivity contribution in [2.45, 2.75) is 33.6 Å². The van der Waals surface area contributed by atoms with E-state index in [-0.39, 0.29) is 5.91 Å². The quantitative estimate of drug-likeness (QED) is 0.906. The number of amides is 1. The maximum atomic E-state index is 12.1. The standard InChI is InChI=1S/C16H24N2O/c1-12-6-8-18(9-7-12)16(19)11-17-15-5-4-13(2)14(3)10-15/h4-5,10,12,17H,6-9,11H2,1-3H3. The number of hydrogen-bond donors (Lipinski definition) is 1. The third-order valence-corrected chi connectivity index (χ3v) is 4.09. The van der Waals surface area contributed by atoms with Crippen LogP contribution < -0.4 is 5.32 Å². The third-order valence-electron chi connectivity index (χ3n) is 4.09. The molecule has 1 aromatic rings. The van der Waals surface area contributed by atoms with Gasteiger partial charge < -0.3 is 10.2 Å². The average molecular weight is 260 g/mol. The lowest BCUT2D eigenvalue weighted by molar-refractivity contribution is -0.130. The topological polar surface area (TPSA) is 32.3 Å². The molecule has 0 aromatic heterocycles. The highest BCUT2D eigenvalue weighted by molar-refractivity contribution is 5.81. The molecule has 0 radical (unpaired) electrons. The van der Waals surface area contributed by atoms with E-state index in [9.17, 15) is 4.79 Å². The van der Waals surface area contributed by atoms with E-state index in [1.165, 1.54) is 11.1 Å². The summed E-state index contributed by atoms with van der Waals surface area (Å²) in [7, 11) is 0. The lowest BCUT2D eigenvalue weighted by atomic mass is 9.99. The lowest BCUT2D eigenvalue weighted by Crippen LogP contribution is -2.40. The van der Waals surface area contributed by atoms with E-state index in [2.05, 4.69) is 38.2 Å². The van der Waals surface area contributed by atoms with Crippen LogP contribution in [0.3, 0.4) is 0 Å². The summed E-state index contributed by atoms with van der Waals surface area (Å²) in [4.78, 5) is 14.1. The summed E-state index contributed by atoms with van der Waals surface area (Å²) in [5.41, 5.74) is 3.56. The van der Waals surface area contributed by atoms with Gasteiger partial charge in [0.05, 0.1) is 6.54 Å². The number of piperidine rings is 1. The highest BCUT2D eigenvalue weighted by atomic mass is 16.2. The predicted molar refractivity (Wildman–Crippen MR) is 79.4 cm³/mol. The normalized spacial score (nSPS) is 16.5. The second kappa shape index (κ2) is 6.09. The fraction of sp³-hybridized carbons (Fsp3) is 0.562. The Bertz CT molecular complexity index is 448. The van der Waals surface area contributed by atoms with E-state index >= 15 is 0 Å². The minimum atomic E-state index is 0.213. The van der Waals surface area contributed by atoms with Crippen LogP contribution in [0.1, 0.15) is 30.9 Å². The first kappa shape index (κ1) is 13.9. The van der Waals surface area contributed by atoms with Gasteiger partial charge in [-0.1, -0.05) is 13.0 Å². The van der Waals surface area contributed by atoms with E-state index in [0.29, 0.717) is 6.54 Å². The number of aryl methyl sites for hydroxylation is 2. The highest BCUT2D eigenvalue weighted by Crippen LogP contribution is 2.17. The minimum Gasteiger partial charge on any atom is -0.376 e. The molecule has 0 aliphatic carbocycles. The summed E-state index contributed by atoms with van der Waals surface area (Å²) in [5, 5.41) is 3.23. The fourth-order valence-corrected chi connectivity index (χ4v) is 2.40. The van der Waals surface area contributed by atoms with E-state index in [1.54, 1.807) is 0 Å². The fourth-order valence-electron chi connectivity index (χ4n) is 2.40. The number of nitrogens with one attached hydrogen (secondary N) is 1. The number of carbonyl (C=O) groups excluding carboxylic acids is 1. The van der Waals surface area contributed by atoms with Crippen LogP contribution in [0.4, 0.5) is 5.69 Å². The van der Waals surface area contributed by atoms with Crippen LogP contribution in [-0.4, -0.2) is 30.4 Å². The zero-order valence-corrected chi connectivity index (χ0v) is 12.2. The molecule has 3 nitrogen and oxygen atoms in total. The molecule has 0 spiro atoms. The molecule has 1 aliphatic rings. The van der Waals surface area contributed by atoms with Gasteiger partial charge in [0.25, 0.3) is 0 Å². The molecule has 0 unspecified atom stereocenters. The lowest BCUT2D eigenvalue weighted by Gasteiger charge is -2.30. The van der Waals surface area contributed by atoms with Gasteiger partial charge in [-0.05, 0) is 55.9 Å². The Labute approximate surface area is 116 Å². The number of benzene rings is 1. The highest BCUT2D eigenvalue weighted by Gasteiger charge is 2.19. The van der Waals surface area contributed by atoms with Gasteiger partial charge in [-0.2, -0.15) is 0 Å². The Hall–Kier alpha value is -1.51. The van der Waals surface area contributed by atoms with Crippen LogP contribution >= 0.6 is 0 Å². The van der Waals surface area contributed by atoms with Crippen molar-refractivity contribution in [3.8, 4) is 0 Å². The molecule has 0 saturated carbocycles. The molecular weight excluding hydrogens is 236 g/mol. The van der Waals surface area contributed by atoms with Gasteiger partial charge >= 0.3 is 0 Å². The van der Waals surface area contributed by atoms with Gasteiger partial charge in [-0.3, -0.25) is 4.79 Å². The number of carbonyl (C=O) groups is 1. The average Bonchev–Trinajstić information content (AvgIpc) is 2.40. The second-order valence-electron chi connectivity index (χ2n) is 5.72. The first-order valence-electron chi connectivity index (χ1n) is 7.15. The van der Waals surface area contributed by atoms with Crippen molar-refractivity contribution < 1.29 is 4.79 Å². The predicted octanol–water partition coefficient (Wildman–Crippen LogP) is 2.97. The van der Waals surface area contributed by atoms with Crippen LogP contribution in [0.15, 0.2) is 18.2 Å². The monoisotopic (exact) mass is 260 g/mol. The number of hydrogen-bond acceptors (Lipinski definition) is 2. The molecule has 1 saturated heterocycles. The van der Waals surface area contributed by atoms with Gasteiger partial charge in [-0.25, -0.2) is 0 Å². The molecule has 0 atom stereocenters. The molecule has 1 aromatic carbocycles. The Morgan fingerprint density at radius 2 is 1.95 bits per heavy atom. The molecule has 1 fully saturated rings. The maximum Gasteiger partial charge on any atom is 0.241 e. The van der Waals surface area contributed by atoms with Gasteiger partial charge in [0.2, 0.25) is 5.91 Å². The van der Waals surface area contributed by atoms with E-state index in [1.807, 2.05) is 11.0 Å². The van der Waals surface area contributed by atoms with Crippen LogP contribution in [0, 0.1) is 19.8 Å². The number of nitrogens with zero attached hydrogens (tertiary/aromatic N) is 1. The summed E-state index contributed by atoms with van der Waals surface area (Å²) in [6, 6.07) is 6.22. The molecule has 1 heterocycles. The van der Waals surface area contributed by atoms with Crippen molar-refractivity contribution in [2.24, 2.45) is 5.92 Å². The Balaban J connectivity index is 1.84. The van der Waals surface area contributed by atoms with Crippen LogP contribution in [-0.2, 0) is 4.79 Å². The van der Waals surface area contributed by atoms with Crippen molar-refractivity contribution in [3.05, 3.63) is 29.3 Å². The summed E-state index contributed by atoms with van der Waals surface area (Å²) in [6.07, 6.45) is 2.27. The summed E-state index contributed by atoms with van der Waals surface area (Å²) in [6.45, 7) is 8.67. The van der Waals surface area contributed by atoms with Crippen molar-refractivity contribution in [3.63, 3.8) is 0 Å². The van der Waals surface area contributed by atoms with Gasteiger partial charge in [0.1, 0.15) is 0 Å². The number of likely N-dealkylation sites (tertiary alicyclic amines) is 1. The largest absolute Gasteiger partial charge is 0.376 e. The number of rotatable bonds is 3. The van der Waals surface area contributed by atoms with E-state index < -0.39 is 0 Å². The minimum absolute atomic E-state index is 0.213. The molecule has 0 bridgehead atoms. The zero-order valence-electron chi connectivity index (χ0n) is 12.2. The zero-order chi connectivity index (χ0) is 13.8. The van der Waals surface area contributed by atoms with Crippen molar-refractivity contribution in [1.82, 2.24) is 4.90 Å². The summed E-state index contributed by atoms with van der Waals surface area (Å²) >= 11 is 0. The van der Waals surface area contributed by atoms with Crippen molar-refractivity contribution in [1.29, 1.82) is 0 Å². The van der Waals surface area contributed by atoms with Gasteiger partial charge in [0.15, 0.2) is 0 Å². The molecule has 104 valence electrons. The Kier molecular flexibility index (Phi) is 4.46. The molecule has 1 N–H and O–H groups in total. The first-order chi connectivity index (χ1) is 9.06. The van der Waals surface area contributed by atoms with Crippen LogP contribution in [0.5, 0.6) is 0 Å². The molecule has 1 aliphatic heterocycles. The number of anilines is 1. The maximum absolute atomic E-state index is 12.1. The molecule has 1 amide bonds. The van der Waals surface area contributed by atoms with Gasteiger partial charge in [-0.15, -0.1) is 0 Å². The van der Waals surface area contributed by atoms with Crippen LogP contribution in [0.25, 0.3) is 0 Å². The van der Waals surface area contributed by atoms with Crippen molar-refractivity contribution in [2.75, 3.05) is 25.0 Å². The molecule has 2 rings (SSSR count). The van der Waals surface area contributed by atoms with E-state index in [0.717, 1.165) is 37.5 Å². The Morgan fingerprint density at radius 3 is 2.58 bits per heavy atom. The van der Waals surface area contributed by atoms with Crippen molar-refractivity contribution >= 4 is 11.6 Å². The molecule has 19 heavy (non-hydrogen) atoms. The van der Waals surface area contributed by atoms with Crippen LogP contribution in [0.2, 0.25) is 0 Å². The van der Waals surface area contributed by atoms with Gasteiger partial charge in [0, 0.05) is 18.8 Å². The molecular formula is C16H24N2O. The Morgan fingerprint density at radius 1 is 1.26 bits per heavy atom. The smallest absolute Gasteiger partial charge is 0.241 e. The summed E-state index contributed by atoms with van der Waals surface area (Å²) < 4.78 is 0. The first-order valence-corrected chi connectivity index (χ1v) is 7.15. The molecule has 3 heteroatoms. The summed E-state index contributed by atoms with van der Waals surface area (Å²) in [5.74, 6) is 0.974. The second-order valence-corrected chi connectivity index (χ2v) is 5.72.